The second-order valence-electron chi connectivity index (χ2n) is 5.18. The average molecular weight is 405 g/mol. The third-order valence-corrected chi connectivity index (χ3v) is 4.17. The molecular weight excluding hydrogens is 391 g/mol. The molecule has 3 aromatic rings. The molecule has 8 heteroatoms. The van der Waals surface area contributed by atoms with Crippen LogP contribution in [-0.4, -0.2) is 14.8 Å². The van der Waals surface area contributed by atoms with Crippen molar-refractivity contribution in [3.63, 3.8) is 0 Å². The smallest absolute Gasteiger partial charge is 0.282 e. The van der Waals surface area contributed by atoms with E-state index in [-0.39, 0.29) is 11.4 Å². The minimum Gasteiger partial charge on any atom is -0.439 e. The maximum absolute atomic E-state index is 13.3. The van der Waals surface area contributed by atoms with Gasteiger partial charge >= 0.3 is 0 Å². The highest BCUT2D eigenvalue weighted by Crippen LogP contribution is 2.25. The van der Waals surface area contributed by atoms with Gasteiger partial charge in [-0.2, -0.15) is 5.10 Å². The molecule has 0 atom stereocenters. The number of pyridine rings is 1. The van der Waals surface area contributed by atoms with Crippen molar-refractivity contribution in [3.05, 3.63) is 75.0 Å². The van der Waals surface area contributed by atoms with Crippen LogP contribution in [0, 0.1) is 5.82 Å². The maximum Gasteiger partial charge on any atom is 0.282 e. The first-order valence-electron chi connectivity index (χ1n) is 7.37. The van der Waals surface area contributed by atoms with Crippen molar-refractivity contribution < 1.29 is 9.13 Å². The van der Waals surface area contributed by atoms with E-state index >= 15 is 0 Å². The van der Waals surface area contributed by atoms with Gasteiger partial charge in [-0.1, -0.05) is 12.1 Å². The Kier molecular flexibility index (Phi) is 5.08. The number of hydrogen-bond donors (Lipinski definition) is 1. The van der Waals surface area contributed by atoms with Gasteiger partial charge in [0, 0.05) is 31.4 Å². The Balaban J connectivity index is 1.80. The lowest BCUT2D eigenvalue weighted by Crippen LogP contribution is -2.21. The number of nitrogens with one attached hydrogen (secondary N) is 1. The molecule has 1 aromatic carbocycles. The summed E-state index contributed by atoms with van der Waals surface area (Å²) in [5.74, 6) is 0.327. The predicted molar refractivity (Wildman–Crippen MR) is 95.2 cm³/mol. The van der Waals surface area contributed by atoms with Crippen molar-refractivity contribution in [3.8, 4) is 11.6 Å². The predicted octanol–water partition coefficient (Wildman–Crippen LogP) is 3.48. The van der Waals surface area contributed by atoms with Crippen LogP contribution in [0.2, 0.25) is 0 Å². The van der Waals surface area contributed by atoms with Crippen molar-refractivity contribution in [2.75, 3.05) is 5.32 Å². The number of ether oxygens (including phenoxy) is 1. The van der Waals surface area contributed by atoms with E-state index in [1.54, 1.807) is 37.6 Å². The maximum atomic E-state index is 13.3. The van der Waals surface area contributed by atoms with E-state index in [0.29, 0.717) is 28.3 Å². The second-order valence-corrected chi connectivity index (χ2v) is 5.97. The molecule has 0 amide bonds. The van der Waals surface area contributed by atoms with Crippen LogP contribution in [0.15, 0.2) is 58.1 Å². The summed E-state index contributed by atoms with van der Waals surface area (Å²) in [5.41, 5.74) is 1.07. The highest BCUT2D eigenvalue weighted by molar-refractivity contribution is 9.10. The van der Waals surface area contributed by atoms with E-state index < -0.39 is 0 Å². The highest BCUT2D eigenvalue weighted by Gasteiger charge is 2.10. The zero-order valence-corrected chi connectivity index (χ0v) is 14.8. The van der Waals surface area contributed by atoms with E-state index in [1.807, 2.05) is 6.07 Å². The van der Waals surface area contributed by atoms with Gasteiger partial charge in [-0.05, 0) is 34.1 Å². The molecule has 0 aliphatic carbocycles. The van der Waals surface area contributed by atoms with E-state index in [2.05, 4.69) is 31.3 Å². The first-order valence-corrected chi connectivity index (χ1v) is 8.17. The molecule has 1 N–H and O–H groups in total. The molecule has 6 nitrogen and oxygen atoms in total. The van der Waals surface area contributed by atoms with Gasteiger partial charge in [0.1, 0.15) is 16.0 Å². The molecular formula is C17H14BrFN4O2. The van der Waals surface area contributed by atoms with Gasteiger partial charge in [-0.25, -0.2) is 14.1 Å². The van der Waals surface area contributed by atoms with Crippen LogP contribution in [0.1, 0.15) is 5.56 Å². The third-order valence-electron chi connectivity index (χ3n) is 3.41. The summed E-state index contributed by atoms with van der Waals surface area (Å²) in [6, 6.07) is 9.44. The largest absolute Gasteiger partial charge is 0.439 e. The lowest BCUT2D eigenvalue weighted by molar-refractivity contribution is 0.452. The topological polar surface area (TPSA) is 69.0 Å². The number of anilines is 1. The number of hydrogen-bond acceptors (Lipinski definition) is 5. The highest BCUT2D eigenvalue weighted by atomic mass is 79.9. The van der Waals surface area contributed by atoms with Crippen LogP contribution in [-0.2, 0) is 13.6 Å². The third kappa shape index (κ3) is 4.03. The molecule has 0 spiro atoms. The summed E-state index contributed by atoms with van der Waals surface area (Å²) in [7, 11) is 1.57. The van der Waals surface area contributed by atoms with E-state index in [0.717, 1.165) is 5.56 Å². The van der Waals surface area contributed by atoms with Gasteiger partial charge in [0.15, 0.2) is 0 Å². The molecule has 0 saturated carbocycles. The van der Waals surface area contributed by atoms with Gasteiger partial charge in [-0.3, -0.25) is 4.79 Å². The zero-order chi connectivity index (χ0) is 17.8. The van der Waals surface area contributed by atoms with Crippen molar-refractivity contribution >= 4 is 21.6 Å². The van der Waals surface area contributed by atoms with Gasteiger partial charge in [0.05, 0.1) is 11.9 Å². The fraction of sp³-hybridized carbons (Fsp3) is 0.118. The Hall–Kier alpha value is -2.74. The normalized spacial score (nSPS) is 10.5. The molecule has 0 aliphatic rings. The zero-order valence-electron chi connectivity index (χ0n) is 13.2. The summed E-state index contributed by atoms with van der Waals surface area (Å²) in [6.07, 6.45) is 3.14. The molecule has 0 saturated heterocycles. The van der Waals surface area contributed by atoms with Crippen molar-refractivity contribution in [1.82, 2.24) is 14.8 Å². The monoisotopic (exact) mass is 404 g/mol. The fourth-order valence-corrected chi connectivity index (χ4v) is 2.62. The van der Waals surface area contributed by atoms with Gasteiger partial charge < -0.3 is 10.1 Å². The standard InChI is InChI=1S/C17H14BrFN4O2/c1-23-17(24)15(18)14(10-22-23)21-9-11-4-3-7-20-16(11)25-13-6-2-5-12(19)8-13/h2-8,10,21H,9H2,1H3. The second kappa shape index (κ2) is 7.43. The van der Waals surface area contributed by atoms with Gasteiger partial charge in [0.25, 0.3) is 5.56 Å². The quantitative estimate of drug-likeness (QED) is 0.704. The molecule has 3 rings (SSSR count). The molecule has 0 bridgehead atoms. The molecule has 25 heavy (non-hydrogen) atoms. The number of halogens is 2. The van der Waals surface area contributed by atoms with E-state index in [1.165, 1.54) is 16.8 Å². The van der Waals surface area contributed by atoms with Crippen LogP contribution in [0.5, 0.6) is 11.6 Å². The van der Waals surface area contributed by atoms with Crippen LogP contribution in [0.4, 0.5) is 10.1 Å². The Morgan fingerprint density at radius 3 is 2.96 bits per heavy atom. The summed E-state index contributed by atoms with van der Waals surface area (Å²) in [4.78, 5) is 16.1. The molecule has 2 aromatic heterocycles. The molecule has 2 heterocycles. The summed E-state index contributed by atoms with van der Waals surface area (Å²) < 4.78 is 20.6. The van der Waals surface area contributed by atoms with Gasteiger partial charge in [-0.15, -0.1) is 0 Å². The summed E-state index contributed by atoms with van der Waals surface area (Å²) >= 11 is 3.26. The van der Waals surface area contributed by atoms with E-state index in [4.69, 9.17) is 4.74 Å². The Labute approximate surface area is 151 Å². The summed E-state index contributed by atoms with van der Waals surface area (Å²) in [5, 5.41) is 7.09. The van der Waals surface area contributed by atoms with Crippen molar-refractivity contribution in [2.24, 2.45) is 7.05 Å². The van der Waals surface area contributed by atoms with Crippen LogP contribution >= 0.6 is 15.9 Å². The van der Waals surface area contributed by atoms with Crippen molar-refractivity contribution in [2.45, 2.75) is 6.54 Å². The molecule has 0 fully saturated rings. The molecule has 0 radical (unpaired) electrons. The Bertz CT molecular complexity index is 961. The number of rotatable bonds is 5. The van der Waals surface area contributed by atoms with Crippen LogP contribution < -0.4 is 15.6 Å². The molecule has 0 aliphatic heterocycles. The lowest BCUT2D eigenvalue weighted by Gasteiger charge is -2.12. The molecule has 128 valence electrons. The number of aromatic nitrogens is 3. The van der Waals surface area contributed by atoms with E-state index in [9.17, 15) is 9.18 Å². The number of aryl methyl sites for hydroxylation is 1. The summed E-state index contributed by atoms with van der Waals surface area (Å²) in [6.45, 7) is 0.353. The van der Waals surface area contributed by atoms with Gasteiger partial charge in [0.2, 0.25) is 5.88 Å². The average Bonchev–Trinajstić information content (AvgIpc) is 2.60. The molecule has 0 unspecified atom stereocenters. The minimum atomic E-state index is -0.386. The minimum absolute atomic E-state index is 0.243. The van der Waals surface area contributed by atoms with Crippen molar-refractivity contribution in [1.29, 1.82) is 0 Å². The van der Waals surface area contributed by atoms with Crippen LogP contribution in [0.25, 0.3) is 0 Å². The first-order chi connectivity index (χ1) is 12.0. The Morgan fingerprint density at radius 2 is 2.16 bits per heavy atom. The number of benzene rings is 1. The van der Waals surface area contributed by atoms with Crippen LogP contribution in [0.3, 0.4) is 0 Å². The Morgan fingerprint density at radius 1 is 1.32 bits per heavy atom. The first kappa shape index (κ1) is 17.1. The lowest BCUT2D eigenvalue weighted by atomic mass is 10.2. The number of nitrogens with zero attached hydrogens (tertiary/aromatic N) is 3. The SMILES string of the molecule is Cn1ncc(NCc2cccnc2Oc2cccc(F)c2)c(Br)c1=O. The fourth-order valence-electron chi connectivity index (χ4n) is 2.12.